The second-order valence-electron chi connectivity index (χ2n) is 15.7. The molecule has 0 unspecified atom stereocenters. The molecule has 0 N–H and O–H groups in total. The Hall–Kier alpha value is -6.64. The van der Waals surface area contributed by atoms with Crippen LogP contribution in [0, 0.1) is 0 Å². The largest absolute Gasteiger partial charge is 0.456 e. The molecular weight excluding hydrogens is 667 g/mol. The molecule has 1 aromatic heterocycles. The van der Waals surface area contributed by atoms with Gasteiger partial charge in [0.2, 0.25) is 0 Å². The number of para-hydroxylation sites is 1. The molecule has 2 nitrogen and oxygen atoms in total. The highest BCUT2D eigenvalue weighted by Gasteiger charge is 2.36. The van der Waals surface area contributed by atoms with E-state index < -0.39 is 0 Å². The Labute approximate surface area is 322 Å². The third-order valence-corrected chi connectivity index (χ3v) is 12.2. The molecule has 0 atom stereocenters. The topological polar surface area (TPSA) is 16.4 Å². The van der Waals surface area contributed by atoms with E-state index in [0.29, 0.717) is 0 Å². The molecule has 2 aliphatic carbocycles. The van der Waals surface area contributed by atoms with Crippen molar-refractivity contribution in [3.63, 3.8) is 0 Å². The first-order valence-corrected chi connectivity index (χ1v) is 19.3. The quantitative estimate of drug-likeness (QED) is 0.182. The van der Waals surface area contributed by atoms with Crippen LogP contribution >= 0.6 is 0 Å². The van der Waals surface area contributed by atoms with Crippen LogP contribution in [-0.4, -0.2) is 0 Å². The highest BCUT2D eigenvalue weighted by molar-refractivity contribution is 6.06. The second-order valence-corrected chi connectivity index (χ2v) is 15.7. The van der Waals surface area contributed by atoms with Gasteiger partial charge in [-0.15, -0.1) is 0 Å². The van der Waals surface area contributed by atoms with Gasteiger partial charge < -0.3 is 9.32 Å². The molecule has 0 spiro atoms. The van der Waals surface area contributed by atoms with Gasteiger partial charge in [0.1, 0.15) is 11.2 Å². The van der Waals surface area contributed by atoms with Crippen molar-refractivity contribution in [3.05, 3.63) is 209 Å². The lowest BCUT2D eigenvalue weighted by atomic mass is 9.82. The SMILES string of the molecule is CC1(C)c2ccccc2-c2ccc(N(c3ccc4c(c3)Cc3ccccc3-c3ccccc3Cc3ccccc3-4)c3ccc4oc5ccccc5c4c3)cc21. The van der Waals surface area contributed by atoms with Crippen molar-refractivity contribution in [2.45, 2.75) is 32.1 Å². The number of rotatable bonds is 3. The van der Waals surface area contributed by atoms with E-state index in [1.165, 1.54) is 66.8 Å². The van der Waals surface area contributed by atoms with Crippen molar-refractivity contribution in [2.24, 2.45) is 0 Å². The van der Waals surface area contributed by atoms with Gasteiger partial charge in [-0.3, -0.25) is 0 Å². The first kappa shape index (κ1) is 31.8. The zero-order valence-electron chi connectivity index (χ0n) is 31.0. The summed E-state index contributed by atoms with van der Waals surface area (Å²) in [6, 6.07) is 65.0. The van der Waals surface area contributed by atoms with Gasteiger partial charge in [-0.25, -0.2) is 0 Å². The molecule has 8 aromatic carbocycles. The fraction of sp³-hybridized carbons (Fsp3) is 0.0943. The fourth-order valence-corrected chi connectivity index (χ4v) is 9.48. The molecule has 0 fully saturated rings. The van der Waals surface area contributed by atoms with Gasteiger partial charge in [-0.1, -0.05) is 141 Å². The second kappa shape index (κ2) is 12.2. The van der Waals surface area contributed by atoms with Gasteiger partial charge in [-0.2, -0.15) is 0 Å². The number of anilines is 3. The molecule has 262 valence electrons. The zero-order valence-corrected chi connectivity index (χ0v) is 31.0. The van der Waals surface area contributed by atoms with Crippen molar-refractivity contribution in [1.82, 2.24) is 0 Å². The minimum atomic E-state index is -0.120. The lowest BCUT2D eigenvalue weighted by Crippen LogP contribution is -2.16. The van der Waals surface area contributed by atoms with Gasteiger partial charge in [0.15, 0.2) is 0 Å². The minimum absolute atomic E-state index is 0.120. The van der Waals surface area contributed by atoms with E-state index >= 15 is 0 Å². The Morgan fingerprint density at radius 3 is 1.56 bits per heavy atom. The summed E-state index contributed by atoms with van der Waals surface area (Å²) in [5, 5.41) is 2.25. The van der Waals surface area contributed by atoms with E-state index in [1.54, 1.807) is 0 Å². The van der Waals surface area contributed by atoms with Gasteiger partial charge >= 0.3 is 0 Å². The van der Waals surface area contributed by atoms with E-state index in [-0.39, 0.29) is 5.41 Å². The Bertz CT molecular complexity index is 2980. The Morgan fingerprint density at radius 1 is 0.382 bits per heavy atom. The van der Waals surface area contributed by atoms with E-state index in [4.69, 9.17) is 4.42 Å². The number of benzene rings is 8. The maximum absolute atomic E-state index is 6.32. The molecule has 2 heteroatoms. The van der Waals surface area contributed by atoms with Gasteiger partial charge in [-0.05, 0) is 128 Å². The highest BCUT2D eigenvalue weighted by atomic mass is 16.3. The average Bonchev–Trinajstić information content (AvgIpc) is 3.70. The van der Waals surface area contributed by atoms with Crippen LogP contribution < -0.4 is 4.90 Å². The van der Waals surface area contributed by atoms with Crippen LogP contribution in [0.1, 0.15) is 47.2 Å². The van der Waals surface area contributed by atoms with Crippen molar-refractivity contribution in [2.75, 3.05) is 4.90 Å². The maximum Gasteiger partial charge on any atom is 0.135 e. The summed E-state index contributed by atoms with van der Waals surface area (Å²) in [4.78, 5) is 2.45. The molecule has 0 aliphatic heterocycles. The normalized spacial score (nSPS) is 13.6. The maximum atomic E-state index is 6.32. The zero-order chi connectivity index (χ0) is 36.7. The average molecular weight is 706 g/mol. The number of nitrogens with zero attached hydrogens (tertiary/aromatic N) is 1. The van der Waals surface area contributed by atoms with Crippen LogP contribution in [0.5, 0.6) is 0 Å². The Kier molecular flexibility index (Phi) is 7.06. The summed E-state index contributed by atoms with van der Waals surface area (Å²) in [5.74, 6) is 0. The number of fused-ring (bicyclic) bond motifs is 12. The van der Waals surface area contributed by atoms with E-state index in [2.05, 4.69) is 189 Å². The fourth-order valence-electron chi connectivity index (χ4n) is 9.48. The third kappa shape index (κ3) is 5.02. The number of hydrogen-bond donors (Lipinski definition) is 0. The van der Waals surface area contributed by atoms with E-state index in [9.17, 15) is 0 Å². The van der Waals surface area contributed by atoms with Gasteiger partial charge in [0, 0.05) is 33.2 Å². The number of furan rings is 1. The first-order chi connectivity index (χ1) is 27.0. The molecule has 0 bridgehead atoms. The van der Waals surface area contributed by atoms with E-state index in [1.807, 2.05) is 6.07 Å². The lowest BCUT2D eigenvalue weighted by molar-refractivity contribution is 0.660. The molecule has 0 saturated carbocycles. The summed E-state index contributed by atoms with van der Waals surface area (Å²) in [7, 11) is 0. The summed E-state index contributed by atoms with van der Waals surface area (Å²) in [6.45, 7) is 4.72. The standard InChI is InChI=1S/C53H39NO/c1-53(2)49-21-11-9-19-45(49)46-27-24-40(33-50(46)53)54(39-25-28-52-48(32-39)47-20-10-12-22-51(47)55-52)38-23-26-44-37(31-38)30-36-15-5-7-17-42(36)41-16-6-3-13-34(41)29-35-14-4-8-18-43(35)44/h3-28,31-33H,29-30H2,1-2H3. The molecule has 0 saturated heterocycles. The molecule has 9 aromatic rings. The predicted molar refractivity (Wildman–Crippen MR) is 229 cm³/mol. The summed E-state index contributed by atoms with van der Waals surface area (Å²) in [6.07, 6.45) is 1.69. The minimum Gasteiger partial charge on any atom is -0.456 e. The van der Waals surface area contributed by atoms with Gasteiger partial charge in [0.05, 0.1) is 0 Å². The van der Waals surface area contributed by atoms with Crippen LogP contribution in [0.15, 0.2) is 180 Å². The van der Waals surface area contributed by atoms with Crippen LogP contribution in [0.3, 0.4) is 0 Å². The Morgan fingerprint density at radius 2 is 0.855 bits per heavy atom. The third-order valence-electron chi connectivity index (χ3n) is 12.2. The first-order valence-electron chi connectivity index (χ1n) is 19.3. The Balaban J connectivity index is 1.14. The lowest BCUT2D eigenvalue weighted by Gasteiger charge is -2.29. The smallest absolute Gasteiger partial charge is 0.135 e. The van der Waals surface area contributed by atoms with Crippen molar-refractivity contribution < 1.29 is 4.42 Å². The predicted octanol–water partition coefficient (Wildman–Crippen LogP) is 14.2. The molecule has 11 rings (SSSR count). The highest BCUT2D eigenvalue weighted by Crippen LogP contribution is 2.51. The van der Waals surface area contributed by atoms with Crippen molar-refractivity contribution in [1.29, 1.82) is 0 Å². The summed E-state index contributed by atoms with van der Waals surface area (Å²) >= 11 is 0. The molecule has 2 aliphatic rings. The molecule has 1 heterocycles. The van der Waals surface area contributed by atoms with Crippen LogP contribution in [-0.2, 0) is 18.3 Å². The van der Waals surface area contributed by atoms with Gasteiger partial charge in [0.25, 0.3) is 0 Å². The van der Waals surface area contributed by atoms with Crippen LogP contribution in [0.2, 0.25) is 0 Å². The number of hydrogen-bond acceptors (Lipinski definition) is 2. The van der Waals surface area contributed by atoms with Crippen LogP contribution in [0.4, 0.5) is 17.1 Å². The van der Waals surface area contributed by atoms with Crippen molar-refractivity contribution >= 4 is 39.0 Å². The van der Waals surface area contributed by atoms with Crippen LogP contribution in [0.25, 0.3) is 55.3 Å². The molecule has 0 radical (unpaired) electrons. The van der Waals surface area contributed by atoms with E-state index in [0.717, 1.165) is 51.8 Å². The molecule has 0 amide bonds. The monoisotopic (exact) mass is 705 g/mol. The summed E-state index contributed by atoms with van der Waals surface area (Å²) in [5.41, 5.74) is 21.0. The summed E-state index contributed by atoms with van der Waals surface area (Å²) < 4.78 is 6.32. The van der Waals surface area contributed by atoms with Crippen molar-refractivity contribution in [3.8, 4) is 33.4 Å². The molecule has 55 heavy (non-hydrogen) atoms. The molecular formula is C53H39NO.